The lowest BCUT2D eigenvalue weighted by Crippen LogP contribution is -2.56. The Morgan fingerprint density at radius 3 is 2.37 bits per heavy atom. The van der Waals surface area contributed by atoms with Crippen molar-refractivity contribution in [2.45, 2.75) is 30.8 Å². The van der Waals surface area contributed by atoms with Gasteiger partial charge in [-0.05, 0) is 72.1 Å². The van der Waals surface area contributed by atoms with Crippen molar-refractivity contribution in [2.75, 3.05) is 46.1 Å². The molecule has 41 heavy (non-hydrogen) atoms. The topological polar surface area (TPSA) is 108 Å². The van der Waals surface area contributed by atoms with E-state index in [0.717, 1.165) is 34.8 Å². The third kappa shape index (κ3) is 7.03. The zero-order valence-electron chi connectivity index (χ0n) is 23.2. The summed E-state index contributed by atoms with van der Waals surface area (Å²) in [6.07, 6.45) is 2.45. The number of methoxy groups -OCH3 is 1. The molecule has 2 N–H and O–H groups in total. The summed E-state index contributed by atoms with van der Waals surface area (Å²) in [5, 5.41) is 8.21. The second kappa shape index (κ2) is 12.1. The van der Waals surface area contributed by atoms with Crippen LogP contribution in [-0.4, -0.2) is 87.6 Å². The number of ether oxygens (including phenoxy) is 1. The van der Waals surface area contributed by atoms with Crippen LogP contribution in [0.2, 0.25) is 0 Å². The van der Waals surface area contributed by atoms with Gasteiger partial charge in [0.2, 0.25) is 15.9 Å². The van der Waals surface area contributed by atoms with Gasteiger partial charge in [0.05, 0.1) is 13.4 Å². The Morgan fingerprint density at radius 2 is 1.68 bits per heavy atom. The lowest BCUT2D eigenvalue weighted by molar-refractivity contribution is -0.134. The minimum absolute atomic E-state index is 0.221. The van der Waals surface area contributed by atoms with E-state index in [-0.39, 0.29) is 49.9 Å². The highest BCUT2D eigenvalue weighted by Crippen LogP contribution is 2.40. The molecule has 1 saturated heterocycles. The first-order valence-electron chi connectivity index (χ1n) is 13.7. The number of amides is 2. The van der Waals surface area contributed by atoms with Crippen LogP contribution in [0.25, 0.3) is 10.8 Å². The van der Waals surface area contributed by atoms with E-state index in [1.807, 2.05) is 24.3 Å². The lowest BCUT2D eigenvalue weighted by Gasteiger charge is -2.35. The first-order chi connectivity index (χ1) is 19.6. The maximum Gasteiger partial charge on any atom is 0.251 e. The average molecular weight is 583 g/mol. The molecular formula is C30H35FN4O5S. The van der Waals surface area contributed by atoms with Crippen LogP contribution in [0.1, 0.15) is 34.7 Å². The fourth-order valence-electron chi connectivity index (χ4n) is 5.36. The molecular weight excluding hydrogens is 547 g/mol. The number of rotatable bonds is 10. The van der Waals surface area contributed by atoms with Gasteiger partial charge in [0, 0.05) is 43.7 Å². The summed E-state index contributed by atoms with van der Waals surface area (Å²) >= 11 is 0. The Hall–Kier alpha value is -3.54. The quantitative estimate of drug-likeness (QED) is 0.381. The second-order valence-electron chi connectivity index (χ2n) is 10.7. The van der Waals surface area contributed by atoms with E-state index in [4.69, 9.17) is 4.74 Å². The fourth-order valence-corrected chi connectivity index (χ4v) is 6.19. The van der Waals surface area contributed by atoms with Crippen LogP contribution in [0.3, 0.4) is 0 Å². The van der Waals surface area contributed by atoms with Crippen molar-refractivity contribution in [3.8, 4) is 5.75 Å². The van der Waals surface area contributed by atoms with E-state index in [2.05, 4.69) is 10.6 Å². The first kappa shape index (κ1) is 29.0. The monoisotopic (exact) mass is 582 g/mol. The van der Waals surface area contributed by atoms with Gasteiger partial charge >= 0.3 is 0 Å². The Bertz CT molecular complexity index is 1520. The number of nitrogens with zero attached hydrogens (tertiary/aromatic N) is 2. The van der Waals surface area contributed by atoms with Gasteiger partial charge in [-0.15, -0.1) is 0 Å². The molecule has 0 aromatic heterocycles. The molecule has 1 aliphatic heterocycles. The molecule has 0 radical (unpaired) electrons. The zero-order chi connectivity index (χ0) is 29.1. The minimum atomic E-state index is -3.33. The average Bonchev–Trinajstić information content (AvgIpc) is 3.75. The van der Waals surface area contributed by atoms with Crippen molar-refractivity contribution in [3.05, 3.63) is 77.6 Å². The number of fused-ring (bicyclic) bond motifs is 1. The largest absolute Gasteiger partial charge is 0.497 e. The number of hydrogen-bond donors (Lipinski definition) is 2. The highest BCUT2D eigenvalue weighted by molar-refractivity contribution is 7.88. The van der Waals surface area contributed by atoms with Crippen LogP contribution in [0, 0.1) is 5.82 Å². The summed E-state index contributed by atoms with van der Waals surface area (Å²) < 4.78 is 43.7. The van der Waals surface area contributed by atoms with Crippen molar-refractivity contribution in [2.24, 2.45) is 0 Å². The summed E-state index contributed by atoms with van der Waals surface area (Å²) in [5.74, 6) is 0.163. The van der Waals surface area contributed by atoms with E-state index >= 15 is 0 Å². The van der Waals surface area contributed by atoms with Crippen molar-refractivity contribution in [1.82, 2.24) is 19.8 Å². The molecule has 2 aliphatic rings. The van der Waals surface area contributed by atoms with Crippen LogP contribution in [0.15, 0.2) is 60.7 Å². The summed E-state index contributed by atoms with van der Waals surface area (Å²) in [7, 11) is -1.73. The Kier molecular flexibility index (Phi) is 8.58. The van der Waals surface area contributed by atoms with Gasteiger partial charge in [0.25, 0.3) is 5.91 Å². The Labute approximate surface area is 239 Å². The van der Waals surface area contributed by atoms with Gasteiger partial charge in [-0.3, -0.25) is 9.59 Å². The Morgan fingerprint density at radius 1 is 1.00 bits per heavy atom. The minimum Gasteiger partial charge on any atom is -0.497 e. The van der Waals surface area contributed by atoms with Crippen LogP contribution in [0.5, 0.6) is 5.75 Å². The number of carbonyl (C=O) groups excluding carboxylic acids is 2. The molecule has 3 aromatic carbocycles. The SMILES string of the molecule is COc1ccc2cc(C(=O)NC(CCN[C@H]3C[C@@H]3c3ccc(F)cc3)C(=O)N3CCN(S(C)(=O)=O)CC3)ccc2c1. The summed E-state index contributed by atoms with van der Waals surface area (Å²) in [6.45, 7) is 1.47. The van der Waals surface area contributed by atoms with Gasteiger partial charge < -0.3 is 20.3 Å². The summed E-state index contributed by atoms with van der Waals surface area (Å²) in [6, 6.07) is 16.9. The normalized spacial score (nSPS) is 20.0. The molecule has 9 nitrogen and oxygen atoms in total. The highest BCUT2D eigenvalue weighted by atomic mass is 32.2. The third-order valence-electron chi connectivity index (χ3n) is 7.86. The molecule has 2 amide bonds. The number of sulfonamides is 1. The molecule has 1 aliphatic carbocycles. The van der Waals surface area contributed by atoms with Crippen molar-refractivity contribution < 1.29 is 27.1 Å². The molecule has 11 heteroatoms. The standard InChI is InChI=1S/C30H35FN4O5S/c1-40-25-10-7-21-17-23(4-3-22(21)18-25)29(36)33-27(30(37)34-13-15-35(16-14-34)41(2,38)39)11-12-32-28-19-26(28)20-5-8-24(31)9-6-20/h3-10,17-18,26-28,32H,11-16,19H2,1-2H3,(H,33,36)/t26-,27?,28+/m1/s1. The Balaban J connectivity index is 1.25. The maximum atomic E-state index is 13.6. The molecule has 2 fully saturated rings. The van der Waals surface area contributed by atoms with Crippen LogP contribution >= 0.6 is 0 Å². The molecule has 0 spiro atoms. The van der Waals surface area contributed by atoms with E-state index in [0.29, 0.717) is 24.4 Å². The van der Waals surface area contributed by atoms with Gasteiger partial charge in [-0.25, -0.2) is 12.8 Å². The molecule has 5 rings (SSSR count). The number of piperazine rings is 1. The predicted octanol–water partition coefficient (Wildman–Crippen LogP) is 2.73. The number of carbonyl (C=O) groups is 2. The van der Waals surface area contributed by atoms with Crippen molar-refractivity contribution in [3.63, 3.8) is 0 Å². The molecule has 1 heterocycles. The summed E-state index contributed by atoms with van der Waals surface area (Å²) in [4.78, 5) is 28.5. The van der Waals surface area contributed by atoms with Gasteiger partial charge in [-0.2, -0.15) is 4.31 Å². The van der Waals surface area contributed by atoms with Crippen LogP contribution < -0.4 is 15.4 Å². The molecule has 1 unspecified atom stereocenters. The van der Waals surface area contributed by atoms with E-state index < -0.39 is 16.1 Å². The molecule has 3 atom stereocenters. The number of benzene rings is 3. The van der Waals surface area contributed by atoms with Crippen molar-refractivity contribution >= 4 is 32.6 Å². The van der Waals surface area contributed by atoms with Gasteiger partial charge in [-0.1, -0.05) is 24.3 Å². The number of halogens is 1. The molecule has 3 aromatic rings. The van der Waals surface area contributed by atoms with Gasteiger partial charge in [0.15, 0.2) is 0 Å². The van der Waals surface area contributed by atoms with Crippen molar-refractivity contribution in [1.29, 1.82) is 0 Å². The van der Waals surface area contributed by atoms with E-state index in [1.165, 1.54) is 16.4 Å². The highest BCUT2D eigenvalue weighted by Gasteiger charge is 2.38. The first-order valence-corrected chi connectivity index (χ1v) is 15.6. The van der Waals surface area contributed by atoms with Crippen LogP contribution in [0.4, 0.5) is 4.39 Å². The lowest BCUT2D eigenvalue weighted by atomic mass is 10.1. The molecule has 218 valence electrons. The third-order valence-corrected chi connectivity index (χ3v) is 9.16. The maximum absolute atomic E-state index is 13.6. The number of nitrogens with one attached hydrogen (secondary N) is 2. The molecule has 0 bridgehead atoms. The van der Waals surface area contributed by atoms with E-state index in [1.54, 1.807) is 36.3 Å². The second-order valence-corrected chi connectivity index (χ2v) is 12.7. The van der Waals surface area contributed by atoms with E-state index in [9.17, 15) is 22.4 Å². The zero-order valence-corrected chi connectivity index (χ0v) is 24.0. The number of hydrogen-bond acceptors (Lipinski definition) is 6. The van der Waals surface area contributed by atoms with Gasteiger partial charge in [0.1, 0.15) is 17.6 Å². The summed E-state index contributed by atoms with van der Waals surface area (Å²) in [5.41, 5.74) is 1.51. The van der Waals surface area contributed by atoms with Crippen LogP contribution in [-0.2, 0) is 14.8 Å². The predicted molar refractivity (Wildman–Crippen MR) is 155 cm³/mol. The smallest absolute Gasteiger partial charge is 0.251 e. The molecule has 1 saturated carbocycles. The fraction of sp³-hybridized carbons (Fsp3) is 0.400.